The van der Waals surface area contributed by atoms with Gasteiger partial charge in [-0.15, -0.1) is 0 Å². The predicted molar refractivity (Wildman–Crippen MR) is 117 cm³/mol. The highest BCUT2D eigenvalue weighted by Crippen LogP contribution is 2.23. The fourth-order valence-corrected chi connectivity index (χ4v) is 4.26. The molecule has 0 aliphatic carbocycles. The molecule has 2 aromatic heterocycles. The van der Waals surface area contributed by atoms with Gasteiger partial charge in [-0.1, -0.05) is 6.92 Å². The van der Waals surface area contributed by atoms with E-state index < -0.39 is 0 Å². The van der Waals surface area contributed by atoms with Crippen molar-refractivity contribution in [3.63, 3.8) is 0 Å². The molecule has 0 N–H and O–H groups in total. The van der Waals surface area contributed by atoms with Gasteiger partial charge in [0.1, 0.15) is 5.76 Å². The monoisotopic (exact) mass is 416 g/mol. The molecule has 1 aliphatic heterocycles. The number of likely N-dealkylation sites (tertiary alicyclic amines) is 1. The molecule has 30 heavy (non-hydrogen) atoms. The van der Waals surface area contributed by atoms with Crippen LogP contribution in [0.3, 0.4) is 0 Å². The molecule has 7 nitrogen and oxygen atoms in total. The van der Waals surface area contributed by atoms with Gasteiger partial charge in [-0.3, -0.25) is 14.4 Å². The molecule has 166 valence electrons. The first-order chi connectivity index (χ1) is 14.5. The minimum Gasteiger partial charge on any atom is -0.456 e. The van der Waals surface area contributed by atoms with Gasteiger partial charge in [-0.2, -0.15) is 5.10 Å². The molecule has 1 amide bonds. The summed E-state index contributed by atoms with van der Waals surface area (Å²) in [5, 5.41) is 4.60. The predicted octanol–water partition coefficient (Wildman–Crippen LogP) is 3.56. The fourth-order valence-electron chi connectivity index (χ4n) is 4.26. The van der Waals surface area contributed by atoms with Gasteiger partial charge in [-0.05, 0) is 52.8 Å². The number of methoxy groups -OCH3 is 1. The summed E-state index contributed by atoms with van der Waals surface area (Å²) < 4.78 is 13.3. The first-order valence-corrected chi connectivity index (χ1v) is 11.1. The molecular weight excluding hydrogens is 380 g/mol. The lowest BCUT2D eigenvalue weighted by Crippen LogP contribution is -2.33. The van der Waals surface area contributed by atoms with Gasteiger partial charge in [0.15, 0.2) is 5.76 Å². The van der Waals surface area contributed by atoms with Crippen molar-refractivity contribution in [1.29, 1.82) is 0 Å². The number of carbonyl (C=O) groups excluding carboxylic acids is 1. The van der Waals surface area contributed by atoms with Gasteiger partial charge in [0.25, 0.3) is 5.91 Å². The lowest BCUT2D eigenvalue weighted by atomic mass is 10.1. The Bertz CT molecular complexity index is 849. The highest BCUT2D eigenvalue weighted by Gasteiger charge is 2.25. The second-order valence-electron chi connectivity index (χ2n) is 8.08. The number of carbonyl (C=O) groups is 1. The molecule has 1 aliphatic rings. The summed E-state index contributed by atoms with van der Waals surface area (Å²) in [6.45, 7) is 13.6. The largest absolute Gasteiger partial charge is 0.456 e. The minimum atomic E-state index is -0.0857. The molecule has 1 saturated heterocycles. The highest BCUT2D eigenvalue weighted by molar-refractivity contribution is 5.91. The Kier molecular flexibility index (Phi) is 7.72. The Morgan fingerprint density at radius 1 is 1.27 bits per heavy atom. The van der Waals surface area contributed by atoms with Crippen LogP contribution in [-0.2, 0) is 30.8 Å². The molecular formula is C23H36N4O3. The molecule has 3 rings (SSSR count). The normalized spacial score (nSPS) is 14.6. The van der Waals surface area contributed by atoms with Crippen LogP contribution in [0.4, 0.5) is 0 Å². The number of hydrogen-bond donors (Lipinski definition) is 0. The van der Waals surface area contributed by atoms with Gasteiger partial charge in [0.05, 0.1) is 12.3 Å². The summed E-state index contributed by atoms with van der Waals surface area (Å²) in [6.07, 6.45) is 3.29. The van der Waals surface area contributed by atoms with Crippen LogP contribution in [-0.4, -0.2) is 58.8 Å². The smallest absolute Gasteiger partial charge is 0.289 e. The number of furan rings is 1. The number of rotatable bonds is 10. The zero-order valence-electron chi connectivity index (χ0n) is 19.2. The first kappa shape index (κ1) is 22.6. The van der Waals surface area contributed by atoms with E-state index in [1.807, 2.05) is 22.6 Å². The van der Waals surface area contributed by atoms with E-state index in [0.29, 0.717) is 25.5 Å². The topological polar surface area (TPSA) is 63.7 Å². The first-order valence-electron chi connectivity index (χ1n) is 11.1. The maximum atomic E-state index is 13.4. The Hall–Kier alpha value is -2.12. The molecule has 0 bridgehead atoms. The summed E-state index contributed by atoms with van der Waals surface area (Å²) in [4.78, 5) is 17.7. The Morgan fingerprint density at radius 2 is 2.00 bits per heavy atom. The van der Waals surface area contributed by atoms with Gasteiger partial charge in [0, 0.05) is 56.5 Å². The molecule has 3 heterocycles. The minimum absolute atomic E-state index is 0.0857. The van der Waals surface area contributed by atoms with E-state index in [2.05, 4.69) is 30.8 Å². The van der Waals surface area contributed by atoms with Gasteiger partial charge < -0.3 is 14.1 Å². The van der Waals surface area contributed by atoms with Crippen molar-refractivity contribution in [2.75, 3.05) is 33.4 Å². The standard InChI is InChI=1S/C23H36N4O3/c1-6-21-19(15-25-10-8-9-11-25)14-22(30-21)23(28)26(12-13-29-5)16-20-17(3)24-27(7-2)18(20)4/h14H,6-13,15-16H2,1-5H3. The van der Waals surface area contributed by atoms with E-state index in [0.717, 1.165) is 60.9 Å². The van der Waals surface area contributed by atoms with Crippen molar-refractivity contribution in [2.45, 2.75) is 66.6 Å². The maximum Gasteiger partial charge on any atom is 0.289 e. The van der Waals surface area contributed by atoms with E-state index in [4.69, 9.17) is 9.15 Å². The van der Waals surface area contributed by atoms with Crippen molar-refractivity contribution in [3.05, 3.63) is 40.1 Å². The maximum absolute atomic E-state index is 13.4. The number of hydrogen-bond acceptors (Lipinski definition) is 5. The van der Waals surface area contributed by atoms with Crippen LogP contribution in [0.25, 0.3) is 0 Å². The van der Waals surface area contributed by atoms with Gasteiger partial charge in [0.2, 0.25) is 0 Å². The van der Waals surface area contributed by atoms with E-state index in [9.17, 15) is 4.79 Å². The summed E-state index contributed by atoms with van der Waals surface area (Å²) in [7, 11) is 1.66. The van der Waals surface area contributed by atoms with E-state index >= 15 is 0 Å². The zero-order valence-corrected chi connectivity index (χ0v) is 19.2. The SMILES string of the molecule is CCc1oc(C(=O)N(CCOC)Cc2c(C)nn(CC)c2C)cc1CN1CCCC1. The Balaban J connectivity index is 1.82. The summed E-state index contributed by atoms with van der Waals surface area (Å²) in [5.74, 6) is 1.26. The van der Waals surface area contributed by atoms with Crippen LogP contribution < -0.4 is 0 Å². The zero-order chi connectivity index (χ0) is 21.7. The van der Waals surface area contributed by atoms with Crippen LogP contribution in [0.15, 0.2) is 10.5 Å². The molecule has 0 unspecified atom stereocenters. The molecule has 1 fully saturated rings. The Labute approximate surface area is 180 Å². The lowest BCUT2D eigenvalue weighted by molar-refractivity contribution is 0.0647. The lowest BCUT2D eigenvalue weighted by Gasteiger charge is -2.21. The second-order valence-corrected chi connectivity index (χ2v) is 8.08. The highest BCUT2D eigenvalue weighted by atomic mass is 16.5. The van der Waals surface area contributed by atoms with Crippen LogP contribution in [0.5, 0.6) is 0 Å². The third-order valence-corrected chi connectivity index (χ3v) is 6.05. The molecule has 0 radical (unpaired) electrons. The molecule has 0 atom stereocenters. The van der Waals surface area contributed by atoms with E-state index in [1.165, 1.54) is 12.8 Å². The fraction of sp³-hybridized carbons (Fsp3) is 0.652. The number of ether oxygens (including phenoxy) is 1. The van der Waals surface area contributed by atoms with Crippen LogP contribution >= 0.6 is 0 Å². The van der Waals surface area contributed by atoms with Crippen molar-refractivity contribution in [2.24, 2.45) is 0 Å². The number of aryl methyl sites for hydroxylation is 3. The molecule has 7 heteroatoms. The molecule has 0 aromatic carbocycles. The van der Waals surface area contributed by atoms with Crippen molar-refractivity contribution in [3.8, 4) is 0 Å². The summed E-state index contributed by atoms with van der Waals surface area (Å²) in [5.41, 5.74) is 4.31. The third-order valence-electron chi connectivity index (χ3n) is 6.05. The Morgan fingerprint density at radius 3 is 2.60 bits per heavy atom. The quantitative estimate of drug-likeness (QED) is 0.593. The average Bonchev–Trinajstić information content (AvgIpc) is 3.46. The van der Waals surface area contributed by atoms with Crippen LogP contribution in [0.2, 0.25) is 0 Å². The van der Waals surface area contributed by atoms with Crippen LogP contribution in [0.1, 0.15) is 65.5 Å². The van der Waals surface area contributed by atoms with Crippen molar-refractivity contribution >= 4 is 5.91 Å². The van der Waals surface area contributed by atoms with Crippen molar-refractivity contribution < 1.29 is 13.9 Å². The van der Waals surface area contributed by atoms with E-state index in [1.54, 1.807) is 7.11 Å². The van der Waals surface area contributed by atoms with Crippen molar-refractivity contribution in [1.82, 2.24) is 19.6 Å². The summed E-state index contributed by atoms with van der Waals surface area (Å²) in [6, 6.07) is 1.95. The number of nitrogens with zero attached hydrogens (tertiary/aromatic N) is 4. The molecule has 0 saturated carbocycles. The molecule has 0 spiro atoms. The average molecular weight is 417 g/mol. The number of aromatic nitrogens is 2. The third kappa shape index (κ3) is 4.95. The van der Waals surface area contributed by atoms with Gasteiger partial charge in [-0.25, -0.2) is 0 Å². The molecule has 2 aromatic rings. The summed E-state index contributed by atoms with van der Waals surface area (Å²) >= 11 is 0. The van der Waals surface area contributed by atoms with Crippen LogP contribution in [0, 0.1) is 13.8 Å². The van der Waals surface area contributed by atoms with E-state index in [-0.39, 0.29) is 5.91 Å². The number of amides is 1. The second kappa shape index (κ2) is 10.3. The van der Waals surface area contributed by atoms with Gasteiger partial charge >= 0.3 is 0 Å².